The van der Waals surface area contributed by atoms with Crippen LogP contribution in [0.2, 0.25) is 0 Å². The standard InChI is InChI=1S/C11H9NO3/c1-7(12-14)9-6-8-4-2-3-5-10(8)15-11(9)13/h2-6,14H,1H3/b12-7+. The minimum absolute atomic E-state index is 0.245. The Morgan fingerprint density at radius 1 is 1.40 bits per heavy atom. The summed E-state index contributed by atoms with van der Waals surface area (Å²) >= 11 is 0. The van der Waals surface area contributed by atoms with Crippen molar-refractivity contribution >= 4 is 16.7 Å². The van der Waals surface area contributed by atoms with Gasteiger partial charge in [-0.05, 0) is 19.1 Å². The van der Waals surface area contributed by atoms with Gasteiger partial charge in [0, 0.05) is 5.39 Å². The first-order valence-electron chi connectivity index (χ1n) is 4.44. The molecule has 0 amide bonds. The highest BCUT2D eigenvalue weighted by Gasteiger charge is 2.07. The Labute approximate surface area is 85.5 Å². The highest BCUT2D eigenvalue weighted by molar-refractivity contribution is 6.00. The van der Waals surface area contributed by atoms with E-state index < -0.39 is 5.63 Å². The maximum absolute atomic E-state index is 11.5. The topological polar surface area (TPSA) is 62.8 Å². The van der Waals surface area contributed by atoms with Gasteiger partial charge in [-0.1, -0.05) is 23.4 Å². The number of hydrogen-bond acceptors (Lipinski definition) is 4. The van der Waals surface area contributed by atoms with Crippen LogP contribution in [0.25, 0.3) is 11.0 Å². The van der Waals surface area contributed by atoms with E-state index in [9.17, 15) is 4.79 Å². The summed E-state index contributed by atoms with van der Waals surface area (Å²) in [6.45, 7) is 1.54. The van der Waals surface area contributed by atoms with Crippen LogP contribution >= 0.6 is 0 Å². The van der Waals surface area contributed by atoms with E-state index in [0.717, 1.165) is 5.39 Å². The fraction of sp³-hybridized carbons (Fsp3) is 0.0909. The average molecular weight is 203 g/mol. The van der Waals surface area contributed by atoms with Gasteiger partial charge in [0.1, 0.15) is 5.58 Å². The molecule has 76 valence electrons. The molecular weight excluding hydrogens is 194 g/mol. The zero-order valence-corrected chi connectivity index (χ0v) is 8.10. The van der Waals surface area contributed by atoms with Crippen molar-refractivity contribution in [1.29, 1.82) is 0 Å². The zero-order chi connectivity index (χ0) is 10.8. The molecule has 0 unspecified atom stereocenters. The molecule has 0 fully saturated rings. The van der Waals surface area contributed by atoms with Crippen LogP contribution in [-0.2, 0) is 0 Å². The number of hydrogen-bond donors (Lipinski definition) is 1. The predicted molar refractivity (Wildman–Crippen MR) is 56.5 cm³/mol. The van der Waals surface area contributed by atoms with Gasteiger partial charge in [0.15, 0.2) is 0 Å². The van der Waals surface area contributed by atoms with Gasteiger partial charge in [-0.25, -0.2) is 4.79 Å². The summed E-state index contributed by atoms with van der Waals surface area (Å²) in [4.78, 5) is 11.5. The number of nitrogens with zero attached hydrogens (tertiary/aromatic N) is 1. The van der Waals surface area contributed by atoms with Gasteiger partial charge in [-0.2, -0.15) is 0 Å². The first-order valence-corrected chi connectivity index (χ1v) is 4.44. The number of para-hydroxylation sites is 1. The van der Waals surface area contributed by atoms with Crippen molar-refractivity contribution in [2.45, 2.75) is 6.92 Å². The Balaban J connectivity index is 2.78. The number of oxime groups is 1. The van der Waals surface area contributed by atoms with E-state index in [2.05, 4.69) is 5.16 Å². The number of fused-ring (bicyclic) bond motifs is 1. The highest BCUT2D eigenvalue weighted by atomic mass is 16.4. The monoisotopic (exact) mass is 203 g/mol. The summed E-state index contributed by atoms with van der Waals surface area (Å²) in [6.07, 6.45) is 0. The van der Waals surface area contributed by atoms with Gasteiger partial charge < -0.3 is 9.62 Å². The van der Waals surface area contributed by atoms with Crippen molar-refractivity contribution < 1.29 is 9.62 Å². The quantitative estimate of drug-likeness (QED) is 0.333. The minimum atomic E-state index is -0.496. The summed E-state index contributed by atoms with van der Waals surface area (Å²) in [5, 5.41) is 12.4. The third-order valence-electron chi connectivity index (χ3n) is 2.18. The van der Waals surface area contributed by atoms with E-state index in [4.69, 9.17) is 9.62 Å². The molecule has 4 nitrogen and oxygen atoms in total. The molecule has 0 radical (unpaired) electrons. The van der Waals surface area contributed by atoms with E-state index in [1.54, 1.807) is 25.1 Å². The lowest BCUT2D eigenvalue weighted by atomic mass is 10.1. The maximum Gasteiger partial charge on any atom is 0.345 e. The molecule has 1 aromatic carbocycles. The first kappa shape index (κ1) is 9.45. The Hall–Kier alpha value is -2.10. The van der Waals surface area contributed by atoms with Crippen LogP contribution in [-0.4, -0.2) is 10.9 Å². The van der Waals surface area contributed by atoms with Crippen molar-refractivity contribution in [3.8, 4) is 0 Å². The molecule has 0 bridgehead atoms. The molecule has 0 saturated carbocycles. The molecule has 2 rings (SSSR count). The van der Waals surface area contributed by atoms with E-state index >= 15 is 0 Å². The molecule has 1 heterocycles. The van der Waals surface area contributed by atoms with Gasteiger partial charge >= 0.3 is 5.63 Å². The molecule has 0 aliphatic carbocycles. The van der Waals surface area contributed by atoms with Gasteiger partial charge in [0.05, 0.1) is 11.3 Å². The molecule has 1 N–H and O–H groups in total. The fourth-order valence-electron chi connectivity index (χ4n) is 1.37. The van der Waals surface area contributed by atoms with Crippen LogP contribution in [0.4, 0.5) is 0 Å². The summed E-state index contributed by atoms with van der Waals surface area (Å²) in [5.74, 6) is 0. The molecule has 1 aromatic heterocycles. The molecule has 4 heteroatoms. The smallest absolute Gasteiger partial charge is 0.345 e. The van der Waals surface area contributed by atoms with Crippen molar-refractivity contribution in [3.05, 3.63) is 46.3 Å². The van der Waals surface area contributed by atoms with Crippen molar-refractivity contribution in [2.75, 3.05) is 0 Å². The predicted octanol–water partition coefficient (Wildman–Crippen LogP) is 1.99. The molecule has 2 aromatic rings. The third kappa shape index (κ3) is 1.61. The van der Waals surface area contributed by atoms with Gasteiger partial charge in [-0.3, -0.25) is 0 Å². The third-order valence-corrected chi connectivity index (χ3v) is 2.18. The molecule has 0 spiro atoms. The highest BCUT2D eigenvalue weighted by Crippen LogP contribution is 2.12. The van der Waals surface area contributed by atoms with Crippen molar-refractivity contribution in [1.82, 2.24) is 0 Å². The van der Waals surface area contributed by atoms with Crippen molar-refractivity contribution in [3.63, 3.8) is 0 Å². The van der Waals surface area contributed by atoms with Crippen molar-refractivity contribution in [2.24, 2.45) is 5.16 Å². The number of benzene rings is 1. The van der Waals surface area contributed by atoms with Crippen LogP contribution in [0.15, 0.2) is 44.7 Å². The maximum atomic E-state index is 11.5. The van der Waals surface area contributed by atoms with E-state index in [1.165, 1.54) is 0 Å². The second-order valence-electron chi connectivity index (χ2n) is 3.17. The summed E-state index contributed by atoms with van der Waals surface area (Å²) in [6, 6.07) is 8.82. The number of rotatable bonds is 1. The minimum Gasteiger partial charge on any atom is -0.422 e. The Morgan fingerprint density at radius 2 is 2.13 bits per heavy atom. The largest absolute Gasteiger partial charge is 0.422 e. The molecule has 0 aliphatic heterocycles. The van der Waals surface area contributed by atoms with Crippen LogP contribution in [0.5, 0.6) is 0 Å². The molecular formula is C11H9NO3. The summed E-state index contributed by atoms with van der Waals surface area (Å²) in [7, 11) is 0. The summed E-state index contributed by atoms with van der Waals surface area (Å²) in [5.41, 5.74) is 0.548. The Kier molecular flexibility index (Phi) is 2.25. The summed E-state index contributed by atoms with van der Waals surface area (Å²) < 4.78 is 5.07. The lowest BCUT2D eigenvalue weighted by molar-refractivity contribution is 0.319. The lowest BCUT2D eigenvalue weighted by Gasteiger charge is -1.99. The van der Waals surface area contributed by atoms with Gasteiger partial charge in [-0.15, -0.1) is 0 Å². The van der Waals surface area contributed by atoms with E-state index in [0.29, 0.717) is 5.58 Å². The van der Waals surface area contributed by atoms with E-state index in [-0.39, 0.29) is 11.3 Å². The molecule has 0 saturated heterocycles. The van der Waals surface area contributed by atoms with Crippen LogP contribution in [0.3, 0.4) is 0 Å². The molecule has 15 heavy (non-hydrogen) atoms. The normalized spacial score (nSPS) is 11.9. The first-order chi connectivity index (χ1) is 7.22. The zero-order valence-electron chi connectivity index (χ0n) is 8.10. The van der Waals surface area contributed by atoms with Gasteiger partial charge in [0.2, 0.25) is 0 Å². The second-order valence-corrected chi connectivity index (χ2v) is 3.17. The Bertz CT molecular complexity index is 584. The Morgan fingerprint density at radius 3 is 2.87 bits per heavy atom. The van der Waals surface area contributed by atoms with Crippen LogP contribution in [0.1, 0.15) is 12.5 Å². The SMILES string of the molecule is C/C(=N\O)c1cc2ccccc2oc1=O. The van der Waals surface area contributed by atoms with E-state index in [1.807, 2.05) is 12.1 Å². The average Bonchev–Trinajstić information content (AvgIpc) is 2.27. The fourth-order valence-corrected chi connectivity index (χ4v) is 1.37. The lowest BCUT2D eigenvalue weighted by Crippen LogP contribution is -2.11. The van der Waals surface area contributed by atoms with Crippen LogP contribution < -0.4 is 5.63 Å². The van der Waals surface area contributed by atoms with Crippen LogP contribution in [0, 0.1) is 0 Å². The molecule has 0 atom stereocenters. The second kappa shape index (κ2) is 3.57. The van der Waals surface area contributed by atoms with Gasteiger partial charge in [0.25, 0.3) is 0 Å². The molecule has 0 aliphatic rings.